The lowest BCUT2D eigenvalue weighted by Gasteiger charge is -2.03. The largest absolute Gasteiger partial charge is 0.340 e. The summed E-state index contributed by atoms with van der Waals surface area (Å²) in [4.78, 5) is 0. The molecule has 0 aliphatic carbocycles. The molecule has 0 saturated carbocycles. The van der Waals surface area contributed by atoms with Crippen molar-refractivity contribution in [3.05, 3.63) is 42.1 Å². The number of rotatable bonds is 2. The fourth-order valence-corrected chi connectivity index (χ4v) is 1.11. The van der Waals surface area contributed by atoms with Crippen LogP contribution >= 0.6 is 0 Å². The average Bonchev–Trinajstić information content (AvgIpc) is 2.54. The predicted octanol–water partition coefficient (Wildman–Crippen LogP) is 2.43. The Hall–Kier alpha value is -1.91. The van der Waals surface area contributed by atoms with Crippen molar-refractivity contribution in [3.63, 3.8) is 0 Å². The minimum Gasteiger partial charge on any atom is -0.340 e. The van der Waals surface area contributed by atoms with Crippen molar-refractivity contribution >= 4 is 11.5 Å². The number of anilines is 2. The van der Waals surface area contributed by atoms with Crippen LogP contribution in [0, 0.1) is 11.6 Å². The monoisotopic (exact) mass is 195 g/mol. The molecule has 0 aliphatic rings. The number of aromatic nitrogens is 2. The molecule has 1 aromatic carbocycles. The van der Waals surface area contributed by atoms with Crippen LogP contribution in [0.25, 0.3) is 0 Å². The highest BCUT2D eigenvalue weighted by Crippen LogP contribution is 2.16. The van der Waals surface area contributed by atoms with Crippen molar-refractivity contribution in [2.24, 2.45) is 0 Å². The predicted molar refractivity (Wildman–Crippen MR) is 48.2 cm³/mol. The molecule has 0 amide bonds. The van der Waals surface area contributed by atoms with E-state index in [1.807, 2.05) is 0 Å². The van der Waals surface area contributed by atoms with Crippen LogP contribution in [0.5, 0.6) is 0 Å². The fourth-order valence-electron chi connectivity index (χ4n) is 1.11. The first kappa shape index (κ1) is 8.68. The molecule has 72 valence electrons. The summed E-state index contributed by atoms with van der Waals surface area (Å²) in [5.74, 6) is -0.658. The average molecular weight is 195 g/mol. The van der Waals surface area contributed by atoms with E-state index in [-0.39, 0.29) is 0 Å². The summed E-state index contributed by atoms with van der Waals surface area (Å²) < 4.78 is 25.5. The molecule has 1 aromatic heterocycles. The Bertz CT molecular complexity index is 405. The van der Waals surface area contributed by atoms with E-state index in [0.29, 0.717) is 11.5 Å². The van der Waals surface area contributed by atoms with Gasteiger partial charge in [0, 0.05) is 17.8 Å². The van der Waals surface area contributed by atoms with Gasteiger partial charge in [0.25, 0.3) is 0 Å². The summed E-state index contributed by atoms with van der Waals surface area (Å²) in [5, 5.41) is 9.07. The molecular weight excluding hydrogens is 188 g/mol. The Morgan fingerprint density at radius 3 is 2.43 bits per heavy atom. The zero-order valence-electron chi connectivity index (χ0n) is 7.09. The number of aromatic amines is 1. The van der Waals surface area contributed by atoms with Gasteiger partial charge in [-0.05, 0) is 12.1 Å². The third-order valence-corrected chi connectivity index (χ3v) is 1.64. The van der Waals surface area contributed by atoms with E-state index in [1.165, 1.54) is 18.3 Å². The van der Waals surface area contributed by atoms with Gasteiger partial charge in [-0.2, -0.15) is 5.10 Å². The number of nitrogens with zero attached hydrogens (tertiary/aromatic N) is 1. The second kappa shape index (κ2) is 3.45. The molecule has 0 spiro atoms. The van der Waals surface area contributed by atoms with E-state index in [4.69, 9.17) is 0 Å². The number of nitrogens with one attached hydrogen (secondary N) is 2. The first-order valence-electron chi connectivity index (χ1n) is 3.96. The van der Waals surface area contributed by atoms with Crippen LogP contribution in [0.3, 0.4) is 0 Å². The third-order valence-electron chi connectivity index (χ3n) is 1.64. The van der Waals surface area contributed by atoms with Gasteiger partial charge in [-0.15, -0.1) is 0 Å². The van der Waals surface area contributed by atoms with Gasteiger partial charge in [0.2, 0.25) is 0 Å². The van der Waals surface area contributed by atoms with E-state index in [1.54, 1.807) is 6.07 Å². The van der Waals surface area contributed by atoms with Crippen LogP contribution < -0.4 is 5.32 Å². The van der Waals surface area contributed by atoms with Crippen molar-refractivity contribution in [3.8, 4) is 0 Å². The zero-order valence-corrected chi connectivity index (χ0v) is 7.09. The summed E-state index contributed by atoms with van der Waals surface area (Å²) in [7, 11) is 0. The topological polar surface area (TPSA) is 40.7 Å². The molecule has 2 aromatic rings. The van der Waals surface area contributed by atoms with E-state index < -0.39 is 11.6 Å². The molecule has 1 heterocycles. The lowest BCUT2D eigenvalue weighted by atomic mass is 10.3. The Morgan fingerprint density at radius 2 is 1.86 bits per heavy atom. The summed E-state index contributed by atoms with van der Waals surface area (Å²) in [6, 6.07) is 4.87. The van der Waals surface area contributed by atoms with Gasteiger partial charge in [0.05, 0.1) is 6.20 Å². The lowest BCUT2D eigenvalue weighted by molar-refractivity contribution is 0.584. The number of halogens is 2. The van der Waals surface area contributed by atoms with Gasteiger partial charge in [-0.1, -0.05) is 0 Å². The summed E-state index contributed by atoms with van der Waals surface area (Å²) in [6.07, 6.45) is 1.54. The molecule has 0 saturated heterocycles. The Balaban J connectivity index is 2.25. The number of H-pyrrole nitrogens is 1. The maximum Gasteiger partial charge on any atom is 0.128 e. The van der Waals surface area contributed by atoms with Crippen LogP contribution in [0.4, 0.5) is 20.3 Å². The molecule has 2 rings (SSSR count). The Morgan fingerprint density at radius 1 is 1.14 bits per heavy atom. The van der Waals surface area contributed by atoms with Gasteiger partial charge >= 0.3 is 0 Å². The fraction of sp³-hybridized carbons (Fsp3) is 0. The minimum atomic E-state index is -0.619. The van der Waals surface area contributed by atoms with Crippen LogP contribution in [0.15, 0.2) is 30.5 Å². The van der Waals surface area contributed by atoms with Gasteiger partial charge in [0.15, 0.2) is 0 Å². The molecule has 5 heteroatoms. The van der Waals surface area contributed by atoms with Crippen molar-refractivity contribution in [2.75, 3.05) is 5.32 Å². The first-order valence-corrected chi connectivity index (χ1v) is 3.96. The molecule has 0 atom stereocenters. The van der Waals surface area contributed by atoms with E-state index >= 15 is 0 Å². The smallest absolute Gasteiger partial charge is 0.128 e. The Labute approximate surface area is 78.8 Å². The summed E-state index contributed by atoms with van der Waals surface area (Å²) in [5.41, 5.74) is 0.340. The summed E-state index contributed by atoms with van der Waals surface area (Å²) >= 11 is 0. The highest BCUT2D eigenvalue weighted by atomic mass is 19.1. The number of hydrogen-bond acceptors (Lipinski definition) is 2. The number of hydrogen-bond donors (Lipinski definition) is 2. The normalized spacial score (nSPS) is 10.1. The molecule has 0 fully saturated rings. The van der Waals surface area contributed by atoms with Crippen LogP contribution in [-0.2, 0) is 0 Å². The van der Waals surface area contributed by atoms with E-state index in [2.05, 4.69) is 15.5 Å². The highest BCUT2D eigenvalue weighted by molar-refractivity contribution is 5.55. The second-order valence-corrected chi connectivity index (χ2v) is 2.75. The van der Waals surface area contributed by atoms with Crippen LogP contribution in [0.2, 0.25) is 0 Å². The van der Waals surface area contributed by atoms with Crippen molar-refractivity contribution in [1.29, 1.82) is 0 Å². The van der Waals surface area contributed by atoms with E-state index in [9.17, 15) is 8.78 Å². The van der Waals surface area contributed by atoms with Gasteiger partial charge in [-0.25, -0.2) is 8.78 Å². The molecule has 0 aliphatic heterocycles. The Kier molecular flexibility index (Phi) is 2.14. The molecule has 3 nitrogen and oxygen atoms in total. The van der Waals surface area contributed by atoms with Gasteiger partial charge in [0.1, 0.15) is 17.5 Å². The maximum absolute atomic E-state index is 12.8. The molecule has 0 radical (unpaired) electrons. The first-order chi connectivity index (χ1) is 6.74. The van der Waals surface area contributed by atoms with Crippen molar-refractivity contribution in [2.45, 2.75) is 0 Å². The third kappa shape index (κ3) is 1.87. The summed E-state index contributed by atoms with van der Waals surface area (Å²) in [6.45, 7) is 0. The van der Waals surface area contributed by atoms with Crippen molar-refractivity contribution < 1.29 is 8.78 Å². The molecule has 0 bridgehead atoms. The lowest BCUT2D eigenvalue weighted by Crippen LogP contribution is -1.92. The quantitative estimate of drug-likeness (QED) is 0.772. The van der Waals surface area contributed by atoms with Crippen LogP contribution in [0.1, 0.15) is 0 Å². The second-order valence-electron chi connectivity index (χ2n) is 2.75. The molecule has 0 unspecified atom stereocenters. The van der Waals surface area contributed by atoms with Gasteiger partial charge in [-0.3, -0.25) is 5.10 Å². The van der Waals surface area contributed by atoms with E-state index in [0.717, 1.165) is 6.07 Å². The van der Waals surface area contributed by atoms with Crippen LogP contribution in [-0.4, -0.2) is 10.2 Å². The SMILES string of the molecule is Fc1cc(F)cc(Nc2ccn[nH]2)c1. The minimum absolute atomic E-state index is 0.340. The molecule has 2 N–H and O–H groups in total. The maximum atomic E-state index is 12.8. The highest BCUT2D eigenvalue weighted by Gasteiger charge is 2.00. The van der Waals surface area contributed by atoms with Crippen molar-refractivity contribution in [1.82, 2.24) is 10.2 Å². The zero-order chi connectivity index (χ0) is 9.97. The van der Waals surface area contributed by atoms with Gasteiger partial charge < -0.3 is 5.32 Å². The number of benzene rings is 1. The standard InChI is InChI=1S/C9H7F2N3/c10-6-3-7(11)5-8(4-6)13-9-1-2-12-14-9/h1-5H,(H2,12,13,14). The molecular formula is C9H7F2N3. The molecule has 14 heavy (non-hydrogen) atoms.